The van der Waals surface area contributed by atoms with E-state index < -0.39 is 5.82 Å². The van der Waals surface area contributed by atoms with Crippen molar-refractivity contribution in [3.63, 3.8) is 0 Å². The molecule has 1 amide bonds. The molecule has 0 aliphatic carbocycles. The molecule has 0 bridgehead atoms. The third-order valence-corrected chi connectivity index (χ3v) is 2.50. The summed E-state index contributed by atoms with van der Waals surface area (Å²) in [4.78, 5) is 11.7. The number of nitrogens with zero attached hydrogens (tertiary/aromatic N) is 1. The van der Waals surface area contributed by atoms with E-state index in [-0.39, 0.29) is 23.1 Å². The van der Waals surface area contributed by atoms with Gasteiger partial charge in [0.2, 0.25) is 5.91 Å². The molecule has 0 fully saturated rings. The van der Waals surface area contributed by atoms with Crippen LogP contribution in [0.1, 0.15) is 19.4 Å². The van der Waals surface area contributed by atoms with Gasteiger partial charge in [-0.25, -0.2) is 4.39 Å². The molecule has 0 aliphatic heterocycles. The molecule has 5 heteroatoms. The number of carbonyl (C=O) groups is 1. The zero-order valence-corrected chi connectivity index (χ0v) is 10.5. The van der Waals surface area contributed by atoms with E-state index in [1.54, 1.807) is 6.92 Å². The van der Waals surface area contributed by atoms with Crippen molar-refractivity contribution in [2.45, 2.75) is 13.8 Å². The van der Waals surface area contributed by atoms with Crippen molar-refractivity contribution in [3.8, 4) is 6.07 Å². The van der Waals surface area contributed by atoms with Gasteiger partial charge in [-0.3, -0.25) is 4.79 Å². The van der Waals surface area contributed by atoms with Crippen LogP contribution in [0.4, 0.5) is 10.1 Å². The summed E-state index contributed by atoms with van der Waals surface area (Å²) in [6.07, 6.45) is 0. The number of anilines is 1. The summed E-state index contributed by atoms with van der Waals surface area (Å²) >= 11 is 0. The molecule has 0 heterocycles. The first-order valence-electron chi connectivity index (χ1n) is 5.79. The average molecular weight is 249 g/mol. The third-order valence-electron chi connectivity index (χ3n) is 2.50. The Kier molecular flexibility index (Phi) is 5.28. The van der Waals surface area contributed by atoms with Crippen LogP contribution < -0.4 is 10.6 Å². The van der Waals surface area contributed by atoms with Crippen molar-refractivity contribution in [3.05, 3.63) is 29.6 Å². The van der Waals surface area contributed by atoms with Gasteiger partial charge in [0.05, 0.1) is 17.3 Å². The van der Waals surface area contributed by atoms with Gasteiger partial charge in [0.25, 0.3) is 0 Å². The normalized spacial score (nSPS) is 11.7. The number of rotatable bonds is 5. The van der Waals surface area contributed by atoms with E-state index >= 15 is 0 Å². The molecule has 1 aromatic carbocycles. The highest BCUT2D eigenvalue weighted by Gasteiger charge is 2.14. The maximum absolute atomic E-state index is 13.5. The van der Waals surface area contributed by atoms with E-state index in [9.17, 15) is 9.18 Å². The maximum Gasteiger partial charge on any atom is 0.228 e. The van der Waals surface area contributed by atoms with Gasteiger partial charge in [0.15, 0.2) is 0 Å². The number of nitriles is 1. The standard InChI is InChI=1S/C13H16FN3O/c1-3-16-8-9(2)13(18)17-12-5-4-10(7-15)6-11(12)14/h4-6,9,16H,3,8H2,1-2H3,(H,17,18). The minimum atomic E-state index is -0.599. The highest BCUT2D eigenvalue weighted by molar-refractivity contribution is 5.92. The Morgan fingerprint density at radius 1 is 1.56 bits per heavy atom. The number of hydrogen-bond donors (Lipinski definition) is 2. The van der Waals surface area contributed by atoms with Crippen LogP contribution in [-0.4, -0.2) is 19.0 Å². The van der Waals surface area contributed by atoms with Crippen LogP contribution in [-0.2, 0) is 4.79 Å². The van der Waals surface area contributed by atoms with E-state index in [2.05, 4.69) is 10.6 Å². The maximum atomic E-state index is 13.5. The van der Waals surface area contributed by atoms with Gasteiger partial charge < -0.3 is 10.6 Å². The number of amides is 1. The van der Waals surface area contributed by atoms with Crippen molar-refractivity contribution in [2.24, 2.45) is 5.92 Å². The lowest BCUT2D eigenvalue weighted by Crippen LogP contribution is -2.30. The lowest BCUT2D eigenvalue weighted by molar-refractivity contribution is -0.119. The fourth-order valence-electron chi connectivity index (χ4n) is 1.40. The van der Waals surface area contributed by atoms with Gasteiger partial charge >= 0.3 is 0 Å². The van der Waals surface area contributed by atoms with Gasteiger partial charge in [-0.05, 0) is 24.7 Å². The van der Waals surface area contributed by atoms with Crippen LogP contribution in [0.25, 0.3) is 0 Å². The number of nitrogens with one attached hydrogen (secondary N) is 2. The van der Waals surface area contributed by atoms with E-state index in [0.717, 1.165) is 12.6 Å². The Bertz CT molecular complexity index is 468. The topological polar surface area (TPSA) is 64.9 Å². The second-order valence-corrected chi connectivity index (χ2v) is 4.00. The van der Waals surface area contributed by atoms with Crippen LogP contribution in [0, 0.1) is 23.1 Å². The first-order valence-corrected chi connectivity index (χ1v) is 5.79. The average Bonchev–Trinajstić information content (AvgIpc) is 2.38. The van der Waals surface area contributed by atoms with E-state index in [4.69, 9.17) is 5.26 Å². The van der Waals surface area contributed by atoms with Gasteiger partial charge in [0, 0.05) is 12.5 Å². The van der Waals surface area contributed by atoms with E-state index in [0.29, 0.717) is 6.54 Å². The number of benzene rings is 1. The van der Waals surface area contributed by atoms with Crippen molar-refractivity contribution in [2.75, 3.05) is 18.4 Å². The Morgan fingerprint density at radius 3 is 2.83 bits per heavy atom. The fraction of sp³-hybridized carbons (Fsp3) is 0.385. The molecular weight excluding hydrogens is 233 g/mol. The summed E-state index contributed by atoms with van der Waals surface area (Å²) in [5, 5.41) is 14.2. The molecule has 18 heavy (non-hydrogen) atoms. The Hall–Kier alpha value is -1.93. The van der Waals surface area contributed by atoms with E-state index in [1.165, 1.54) is 12.1 Å². The minimum absolute atomic E-state index is 0.0994. The molecule has 0 aromatic heterocycles. The van der Waals surface area contributed by atoms with Gasteiger partial charge in [0.1, 0.15) is 5.82 Å². The molecule has 4 nitrogen and oxygen atoms in total. The summed E-state index contributed by atoms with van der Waals surface area (Å²) in [7, 11) is 0. The smallest absolute Gasteiger partial charge is 0.228 e. The van der Waals surface area contributed by atoms with Crippen LogP contribution in [0.15, 0.2) is 18.2 Å². The molecule has 0 saturated heterocycles. The van der Waals surface area contributed by atoms with Gasteiger partial charge in [-0.15, -0.1) is 0 Å². The SMILES string of the molecule is CCNCC(C)C(=O)Nc1ccc(C#N)cc1F. The Balaban J connectivity index is 2.67. The van der Waals surface area contributed by atoms with Crippen molar-refractivity contribution >= 4 is 11.6 Å². The number of carbonyl (C=O) groups excluding carboxylic acids is 1. The molecule has 0 radical (unpaired) electrons. The first kappa shape index (κ1) is 14.1. The van der Waals surface area contributed by atoms with Crippen LogP contribution in [0.2, 0.25) is 0 Å². The summed E-state index contributed by atoms with van der Waals surface area (Å²) in [5.41, 5.74) is 0.327. The molecule has 96 valence electrons. The quantitative estimate of drug-likeness (QED) is 0.837. The number of hydrogen-bond acceptors (Lipinski definition) is 3. The Morgan fingerprint density at radius 2 is 2.28 bits per heavy atom. The van der Waals surface area contributed by atoms with Crippen molar-refractivity contribution in [1.29, 1.82) is 5.26 Å². The molecule has 1 unspecified atom stereocenters. The fourth-order valence-corrected chi connectivity index (χ4v) is 1.40. The lowest BCUT2D eigenvalue weighted by Gasteiger charge is -2.12. The highest BCUT2D eigenvalue weighted by Crippen LogP contribution is 2.16. The third kappa shape index (κ3) is 3.82. The predicted octanol–water partition coefficient (Wildman–Crippen LogP) is 1.88. The molecule has 0 aliphatic rings. The second-order valence-electron chi connectivity index (χ2n) is 4.00. The highest BCUT2D eigenvalue weighted by atomic mass is 19.1. The van der Waals surface area contributed by atoms with Crippen molar-refractivity contribution in [1.82, 2.24) is 5.32 Å². The summed E-state index contributed by atoms with van der Waals surface area (Å²) < 4.78 is 13.5. The zero-order chi connectivity index (χ0) is 13.5. The van der Waals surface area contributed by atoms with E-state index in [1.807, 2.05) is 13.0 Å². The molecule has 2 N–H and O–H groups in total. The molecule has 0 spiro atoms. The Labute approximate surface area is 106 Å². The second kappa shape index (κ2) is 6.72. The molecule has 1 atom stereocenters. The molecule has 1 aromatic rings. The van der Waals surface area contributed by atoms with Crippen LogP contribution in [0.3, 0.4) is 0 Å². The summed E-state index contributed by atoms with van der Waals surface area (Å²) in [6.45, 7) is 5.04. The monoisotopic (exact) mass is 249 g/mol. The summed E-state index contributed by atoms with van der Waals surface area (Å²) in [5.74, 6) is -1.10. The van der Waals surface area contributed by atoms with Gasteiger partial charge in [-0.2, -0.15) is 5.26 Å². The summed E-state index contributed by atoms with van der Waals surface area (Å²) in [6, 6.07) is 5.80. The minimum Gasteiger partial charge on any atom is -0.323 e. The van der Waals surface area contributed by atoms with Gasteiger partial charge in [-0.1, -0.05) is 13.8 Å². The van der Waals surface area contributed by atoms with Crippen LogP contribution >= 0.6 is 0 Å². The largest absolute Gasteiger partial charge is 0.323 e. The zero-order valence-electron chi connectivity index (χ0n) is 10.5. The molecule has 0 saturated carbocycles. The van der Waals surface area contributed by atoms with Crippen molar-refractivity contribution < 1.29 is 9.18 Å². The molecule has 1 rings (SSSR count). The predicted molar refractivity (Wildman–Crippen MR) is 67.5 cm³/mol. The molecular formula is C13H16FN3O. The number of halogens is 1. The first-order chi connectivity index (χ1) is 8.58. The lowest BCUT2D eigenvalue weighted by atomic mass is 10.1. The van der Waals surface area contributed by atoms with Crippen LogP contribution in [0.5, 0.6) is 0 Å².